The van der Waals surface area contributed by atoms with Gasteiger partial charge >= 0.3 is 0 Å². The van der Waals surface area contributed by atoms with Crippen LogP contribution >= 0.6 is 0 Å². The molecule has 0 amide bonds. The number of aromatic nitrogens is 4. The standard InChI is InChI=1S/C18H20N6O3S/c19-15-20-11-21-16-22-14(7-24(15)16)12-2-1-3-13(6-12)28(26,27)23-18-5-4-17(8-18,9-18)10-25/h1-3,6-7,11,23,25H,4-5,8-10H2,(H2,19,20,21,22). The maximum absolute atomic E-state index is 13.0. The quantitative estimate of drug-likeness (QED) is 0.580. The number of hydrogen-bond acceptors (Lipinski definition) is 7. The average molecular weight is 400 g/mol. The summed E-state index contributed by atoms with van der Waals surface area (Å²) in [5, 5.41) is 9.53. The van der Waals surface area contributed by atoms with E-state index < -0.39 is 15.6 Å². The number of sulfonamides is 1. The fourth-order valence-corrected chi connectivity index (χ4v) is 6.17. The molecule has 3 fully saturated rings. The molecule has 0 radical (unpaired) electrons. The smallest absolute Gasteiger partial charge is 0.241 e. The Labute approximate surface area is 161 Å². The Bertz CT molecular complexity index is 1180. The summed E-state index contributed by atoms with van der Waals surface area (Å²) in [5.41, 5.74) is 6.52. The van der Waals surface area contributed by atoms with Gasteiger partial charge in [0.1, 0.15) is 6.33 Å². The first-order valence-corrected chi connectivity index (χ1v) is 10.5. The first kappa shape index (κ1) is 17.5. The van der Waals surface area contributed by atoms with E-state index in [1.165, 1.54) is 6.33 Å². The summed E-state index contributed by atoms with van der Waals surface area (Å²) in [7, 11) is -3.69. The van der Waals surface area contributed by atoms with Gasteiger partial charge < -0.3 is 10.8 Å². The van der Waals surface area contributed by atoms with E-state index in [1.807, 2.05) is 0 Å². The molecule has 3 saturated carbocycles. The molecule has 0 atom stereocenters. The summed E-state index contributed by atoms with van der Waals surface area (Å²) in [4.78, 5) is 12.6. The molecule has 0 aliphatic heterocycles. The van der Waals surface area contributed by atoms with Crippen molar-refractivity contribution in [2.45, 2.75) is 36.1 Å². The highest BCUT2D eigenvalue weighted by atomic mass is 32.2. The lowest BCUT2D eigenvalue weighted by molar-refractivity contribution is 0.0336. The topological polar surface area (TPSA) is 135 Å². The van der Waals surface area contributed by atoms with Crippen LogP contribution in [0.5, 0.6) is 0 Å². The summed E-state index contributed by atoms with van der Waals surface area (Å²) >= 11 is 0. The van der Waals surface area contributed by atoms with Crippen molar-refractivity contribution in [3.8, 4) is 11.3 Å². The zero-order chi connectivity index (χ0) is 19.6. The minimum atomic E-state index is -3.69. The van der Waals surface area contributed by atoms with Crippen molar-refractivity contribution in [2.75, 3.05) is 12.3 Å². The first-order valence-electron chi connectivity index (χ1n) is 9.05. The van der Waals surface area contributed by atoms with E-state index in [-0.39, 0.29) is 22.9 Å². The molecule has 2 heterocycles. The number of nitrogen functional groups attached to an aromatic ring is 1. The molecule has 3 aliphatic rings. The number of nitrogens with two attached hydrogens (primary N) is 1. The first-order chi connectivity index (χ1) is 13.3. The van der Waals surface area contributed by atoms with Crippen LogP contribution < -0.4 is 10.5 Å². The number of anilines is 1. The third-order valence-corrected chi connectivity index (χ3v) is 7.56. The van der Waals surface area contributed by atoms with Gasteiger partial charge in [-0.1, -0.05) is 12.1 Å². The molecule has 2 bridgehead atoms. The Morgan fingerprint density at radius 2 is 2.07 bits per heavy atom. The maximum Gasteiger partial charge on any atom is 0.241 e. The Hall–Kier alpha value is -2.56. The highest BCUT2D eigenvalue weighted by Gasteiger charge is 2.61. The van der Waals surface area contributed by atoms with E-state index in [4.69, 9.17) is 5.73 Å². The molecule has 0 spiro atoms. The van der Waals surface area contributed by atoms with Gasteiger partial charge in [-0.2, -0.15) is 0 Å². The molecule has 0 unspecified atom stereocenters. The molecule has 146 valence electrons. The van der Waals surface area contributed by atoms with Crippen molar-refractivity contribution in [3.05, 3.63) is 36.8 Å². The number of aliphatic hydroxyl groups is 1. The molecule has 6 rings (SSSR count). The van der Waals surface area contributed by atoms with Crippen molar-refractivity contribution in [2.24, 2.45) is 5.41 Å². The third kappa shape index (κ3) is 2.60. The van der Waals surface area contributed by atoms with Gasteiger partial charge in [-0.25, -0.2) is 28.1 Å². The summed E-state index contributed by atoms with van der Waals surface area (Å²) in [6, 6.07) is 6.64. The lowest BCUT2D eigenvalue weighted by atomic mass is 9.66. The minimum Gasteiger partial charge on any atom is -0.396 e. The molecule has 4 N–H and O–H groups in total. The van der Waals surface area contributed by atoms with E-state index in [9.17, 15) is 13.5 Å². The SMILES string of the molecule is Nc1ncnc2nc(-c3cccc(S(=O)(=O)NC45CCC(CO)(C4)C5)c3)cn12. The van der Waals surface area contributed by atoms with Crippen LogP contribution in [0.4, 0.5) is 5.95 Å². The number of imidazole rings is 1. The number of rotatable bonds is 5. The summed E-state index contributed by atoms with van der Waals surface area (Å²) in [6.07, 6.45) is 6.02. The molecule has 10 heteroatoms. The molecule has 28 heavy (non-hydrogen) atoms. The van der Waals surface area contributed by atoms with E-state index in [1.54, 1.807) is 34.9 Å². The largest absolute Gasteiger partial charge is 0.396 e. The van der Waals surface area contributed by atoms with Crippen molar-refractivity contribution < 1.29 is 13.5 Å². The van der Waals surface area contributed by atoms with E-state index in [2.05, 4.69) is 19.7 Å². The maximum atomic E-state index is 13.0. The second-order valence-electron chi connectivity index (χ2n) is 7.95. The normalized spacial score (nSPS) is 26.5. The van der Waals surface area contributed by atoms with E-state index >= 15 is 0 Å². The van der Waals surface area contributed by atoms with Gasteiger partial charge in [-0.3, -0.25) is 4.40 Å². The minimum absolute atomic E-state index is 0.0954. The Kier molecular flexibility index (Phi) is 3.58. The van der Waals surface area contributed by atoms with Gasteiger partial charge in [-0.15, -0.1) is 0 Å². The third-order valence-electron chi connectivity index (χ3n) is 5.98. The van der Waals surface area contributed by atoms with Gasteiger partial charge in [0.05, 0.1) is 10.6 Å². The zero-order valence-corrected chi connectivity index (χ0v) is 15.9. The molecule has 3 aliphatic carbocycles. The average Bonchev–Trinajstić information content (AvgIpc) is 3.33. The van der Waals surface area contributed by atoms with Crippen LogP contribution in [0.15, 0.2) is 41.7 Å². The Morgan fingerprint density at radius 1 is 1.25 bits per heavy atom. The molecular weight excluding hydrogens is 380 g/mol. The highest BCUT2D eigenvalue weighted by molar-refractivity contribution is 7.89. The van der Waals surface area contributed by atoms with Gasteiger partial charge in [0.15, 0.2) is 0 Å². The van der Waals surface area contributed by atoms with Crippen LogP contribution in [0.3, 0.4) is 0 Å². The van der Waals surface area contributed by atoms with Gasteiger partial charge in [0.25, 0.3) is 0 Å². The van der Waals surface area contributed by atoms with Crippen molar-refractivity contribution in [1.29, 1.82) is 0 Å². The van der Waals surface area contributed by atoms with E-state index in [0.29, 0.717) is 29.9 Å². The van der Waals surface area contributed by atoms with Crippen LogP contribution in [-0.4, -0.2) is 45.0 Å². The number of aliphatic hydroxyl groups excluding tert-OH is 1. The Morgan fingerprint density at radius 3 is 2.79 bits per heavy atom. The van der Waals surface area contributed by atoms with Crippen LogP contribution in [0, 0.1) is 5.41 Å². The van der Waals surface area contributed by atoms with Crippen molar-refractivity contribution >= 4 is 21.7 Å². The lowest BCUT2D eigenvalue weighted by Gasteiger charge is -2.46. The number of nitrogens with zero attached hydrogens (tertiary/aromatic N) is 4. The van der Waals surface area contributed by atoms with Crippen LogP contribution in [0.1, 0.15) is 25.7 Å². The molecular formula is C18H20N6O3S. The molecule has 9 nitrogen and oxygen atoms in total. The second kappa shape index (κ2) is 5.72. The summed E-state index contributed by atoms with van der Waals surface area (Å²) in [5.74, 6) is 0.653. The number of hydrogen-bond donors (Lipinski definition) is 3. The lowest BCUT2D eigenvalue weighted by Crippen LogP contribution is -2.56. The van der Waals surface area contributed by atoms with E-state index in [0.717, 1.165) is 12.8 Å². The predicted molar refractivity (Wildman–Crippen MR) is 102 cm³/mol. The summed E-state index contributed by atoms with van der Waals surface area (Å²) < 4.78 is 30.4. The molecule has 1 aromatic carbocycles. The van der Waals surface area contributed by atoms with Crippen molar-refractivity contribution in [3.63, 3.8) is 0 Å². The zero-order valence-electron chi connectivity index (χ0n) is 15.0. The highest BCUT2D eigenvalue weighted by Crippen LogP contribution is 2.61. The fraction of sp³-hybridized carbons (Fsp3) is 0.389. The van der Waals surface area contributed by atoms with Gasteiger partial charge in [0.2, 0.25) is 21.7 Å². The van der Waals surface area contributed by atoms with Crippen LogP contribution in [-0.2, 0) is 10.0 Å². The molecule has 3 aromatic rings. The van der Waals surface area contributed by atoms with Crippen LogP contribution in [0.25, 0.3) is 17.0 Å². The number of fused-ring (bicyclic) bond motifs is 2. The van der Waals surface area contributed by atoms with Gasteiger partial charge in [0, 0.05) is 23.9 Å². The summed E-state index contributed by atoms with van der Waals surface area (Å²) in [6.45, 7) is 0.117. The number of benzene rings is 1. The monoisotopic (exact) mass is 400 g/mol. The number of nitrogens with one attached hydrogen (secondary N) is 1. The second-order valence-corrected chi connectivity index (χ2v) is 9.64. The van der Waals surface area contributed by atoms with Crippen LogP contribution in [0.2, 0.25) is 0 Å². The van der Waals surface area contributed by atoms with Gasteiger partial charge in [-0.05, 0) is 43.2 Å². The molecule has 0 saturated heterocycles. The molecule has 2 aromatic heterocycles. The fourth-order valence-electron chi connectivity index (χ4n) is 4.69. The predicted octanol–water partition coefficient (Wildman–Crippen LogP) is 0.957. The Balaban J connectivity index is 1.46. The van der Waals surface area contributed by atoms with Crippen molar-refractivity contribution in [1.82, 2.24) is 24.1 Å².